The molecule has 1 amide bonds. The first-order chi connectivity index (χ1) is 11.8. The second-order valence-corrected chi connectivity index (χ2v) is 8.06. The van der Waals surface area contributed by atoms with Gasteiger partial charge in [-0.2, -0.15) is 0 Å². The molecule has 0 aliphatic carbocycles. The zero-order valence-electron chi connectivity index (χ0n) is 13.9. The number of hydrogen-bond donors (Lipinski definition) is 1. The fourth-order valence-electron chi connectivity index (χ4n) is 2.02. The molecule has 0 unspecified atom stereocenters. The Bertz CT molecular complexity index is 875. The van der Waals surface area contributed by atoms with Crippen LogP contribution >= 0.6 is 11.6 Å². The molecule has 0 radical (unpaired) electrons. The third kappa shape index (κ3) is 5.16. The van der Waals surface area contributed by atoms with Gasteiger partial charge in [-0.15, -0.1) is 0 Å². The fraction of sp³-hybridized carbons (Fsp3) is 0.167. The van der Waals surface area contributed by atoms with Crippen LogP contribution in [0.4, 0.5) is 0 Å². The van der Waals surface area contributed by atoms with E-state index in [0.717, 1.165) is 15.4 Å². The molecule has 1 N–H and O–H groups in total. The maximum absolute atomic E-state index is 12.0. The number of nitrogens with one attached hydrogen (secondary N) is 1. The summed E-state index contributed by atoms with van der Waals surface area (Å²) in [6.07, 6.45) is 3.01. The van der Waals surface area contributed by atoms with Gasteiger partial charge < -0.3 is 5.32 Å². The summed E-state index contributed by atoms with van der Waals surface area (Å²) in [5, 5.41) is 3.35. The van der Waals surface area contributed by atoms with Gasteiger partial charge in [0.15, 0.2) is 0 Å². The van der Waals surface area contributed by atoms with Gasteiger partial charge in [-0.05, 0) is 35.4 Å². The molecule has 0 saturated heterocycles. The van der Waals surface area contributed by atoms with Gasteiger partial charge in [-0.1, -0.05) is 41.9 Å². The summed E-state index contributed by atoms with van der Waals surface area (Å²) < 4.78 is 25.1. The monoisotopic (exact) mass is 378 g/mol. The lowest BCUT2D eigenvalue weighted by atomic mass is 10.2. The first kappa shape index (κ1) is 19.2. The van der Waals surface area contributed by atoms with Gasteiger partial charge in [-0.3, -0.25) is 4.79 Å². The van der Waals surface area contributed by atoms with E-state index in [1.165, 1.54) is 32.3 Å². The van der Waals surface area contributed by atoms with Crippen LogP contribution in [-0.4, -0.2) is 32.7 Å². The number of benzene rings is 2. The van der Waals surface area contributed by atoms with E-state index in [9.17, 15) is 13.2 Å². The third-order valence-electron chi connectivity index (χ3n) is 3.50. The minimum Gasteiger partial charge on any atom is -0.348 e. The average molecular weight is 379 g/mol. The Kier molecular flexibility index (Phi) is 6.36. The van der Waals surface area contributed by atoms with Gasteiger partial charge in [0.05, 0.1) is 4.90 Å². The fourth-order valence-corrected chi connectivity index (χ4v) is 3.12. The second kappa shape index (κ2) is 8.29. The summed E-state index contributed by atoms with van der Waals surface area (Å²) in [5.41, 5.74) is 1.56. The van der Waals surface area contributed by atoms with Crippen molar-refractivity contribution in [3.8, 4) is 0 Å². The van der Waals surface area contributed by atoms with Crippen molar-refractivity contribution in [1.82, 2.24) is 9.62 Å². The van der Waals surface area contributed by atoms with E-state index in [2.05, 4.69) is 5.32 Å². The molecule has 0 atom stereocenters. The average Bonchev–Trinajstić information content (AvgIpc) is 2.59. The molecule has 0 bridgehead atoms. The number of sulfonamides is 1. The maximum Gasteiger partial charge on any atom is 0.244 e. The number of carbonyl (C=O) groups is 1. The Morgan fingerprint density at radius 3 is 2.36 bits per heavy atom. The first-order valence-electron chi connectivity index (χ1n) is 7.52. The molecule has 0 aromatic heterocycles. The lowest BCUT2D eigenvalue weighted by Gasteiger charge is -2.11. The molecule has 0 heterocycles. The highest BCUT2D eigenvalue weighted by molar-refractivity contribution is 7.89. The Labute approximate surface area is 153 Å². The van der Waals surface area contributed by atoms with Gasteiger partial charge in [0.1, 0.15) is 0 Å². The van der Waals surface area contributed by atoms with Crippen LogP contribution in [0.15, 0.2) is 59.5 Å². The number of amides is 1. The van der Waals surface area contributed by atoms with Crippen molar-refractivity contribution in [2.24, 2.45) is 0 Å². The van der Waals surface area contributed by atoms with E-state index in [1.54, 1.807) is 24.3 Å². The molecule has 2 aromatic carbocycles. The van der Waals surface area contributed by atoms with E-state index in [1.807, 2.05) is 18.2 Å². The van der Waals surface area contributed by atoms with E-state index >= 15 is 0 Å². The molecule has 2 rings (SSSR count). The van der Waals surface area contributed by atoms with E-state index in [4.69, 9.17) is 11.6 Å². The molecule has 0 spiro atoms. The van der Waals surface area contributed by atoms with Gasteiger partial charge in [-0.25, -0.2) is 12.7 Å². The van der Waals surface area contributed by atoms with Crippen molar-refractivity contribution in [3.63, 3.8) is 0 Å². The predicted octanol–water partition coefficient (Wildman–Crippen LogP) is 2.92. The number of nitrogens with zero attached hydrogens (tertiary/aromatic N) is 1. The van der Waals surface area contributed by atoms with Crippen LogP contribution in [0.2, 0.25) is 5.02 Å². The predicted molar refractivity (Wildman–Crippen MR) is 99.6 cm³/mol. The smallest absolute Gasteiger partial charge is 0.244 e. The van der Waals surface area contributed by atoms with Gasteiger partial charge in [0.2, 0.25) is 15.9 Å². The zero-order valence-corrected chi connectivity index (χ0v) is 15.5. The highest BCUT2D eigenvalue weighted by Gasteiger charge is 2.16. The molecule has 5 nitrogen and oxygen atoms in total. The normalized spacial score (nSPS) is 11.8. The first-order valence-corrected chi connectivity index (χ1v) is 9.34. The van der Waals surface area contributed by atoms with Crippen molar-refractivity contribution in [1.29, 1.82) is 0 Å². The van der Waals surface area contributed by atoms with Crippen molar-refractivity contribution in [2.45, 2.75) is 11.4 Å². The van der Waals surface area contributed by atoms with Crippen LogP contribution in [0.1, 0.15) is 11.1 Å². The van der Waals surface area contributed by atoms with Crippen LogP contribution in [0.5, 0.6) is 0 Å². The maximum atomic E-state index is 12.0. The van der Waals surface area contributed by atoms with Gasteiger partial charge >= 0.3 is 0 Å². The largest absolute Gasteiger partial charge is 0.348 e. The standard InChI is InChI=1S/C18H19ClN2O3S/c1-21(2)25(23,24)16-10-7-14(8-11-16)9-12-18(22)20-13-15-5-3-4-6-17(15)19/h3-12H,13H2,1-2H3,(H,20,22)/b12-9+. The molecule has 0 aliphatic rings. The highest BCUT2D eigenvalue weighted by atomic mass is 35.5. The Morgan fingerprint density at radius 1 is 1.12 bits per heavy atom. The Balaban J connectivity index is 1.97. The van der Waals surface area contributed by atoms with E-state index < -0.39 is 10.0 Å². The minimum atomic E-state index is -3.45. The highest BCUT2D eigenvalue weighted by Crippen LogP contribution is 2.15. The van der Waals surface area contributed by atoms with Crippen LogP contribution in [0.25, 0.3) is 6.08 Å². The second-order valence-electron chi connectivity index (χ2n) is 5.50. The van der Waals surface area contributed by atoms with E-state index in [0.29, 0.717) is 11.6 Å². The topological polar surface area (TPSA) is 66.5 Å². The molecule has 25 heavy (non-hydrogen) atoms. The van der Waals surface area contributed by atoms with Crippen molar-refractivity contribution < 1.29 is 13.2 Å². The number of hydrogen-bond acceptors (Lipinski definition) is 3. The molecule has 0 fully saturated rings. The zero-order chi connectivity index (χ0) is 18.4. The lowest BCUT2D eigenvalue weighted by molar-refractivity contribution is -0.116. The summed E-state index contributed by atoms with van der Waals surface area (Å²) in [6, 6.07) is 13.6. The quantitative estimate of drug-likeness (QED) is 0.786. The summed E-state index contributed by atoms with van der Waals surface area (Å²) in [5.74, 6) is -0.259. The van der Waals surface area contributed by atoms with Gasteiger partial charge in [0, 0.05) is 31.7 Å². The summed E-state index contributed by atoms with van der Waals surface area (Å²) >= 11 is 6.03. The SMILES string of the molecule is CN(C)S(=O)(=O)c1ccc(/C=C/C(=O)NCc2ccccc2Cl)cc1. The Morgan fingerprint density at radius 2 is 1.76 bits per heavy atom. The number of rotatable bonds is 6. The summed E-state index contributed by atoms with van der Waals surface area (Å²) in [7, 11) is -0.494. The summed E-state index contributed by atoms with van der Waals surface area (Å²) in [6.45, 7) is 0.336. The van der Waals surface area contributed by atoms with Crippen LogP contribution < -0.4 is 5.32 Å². The van der Waals surface area contributed by atoms with Gasteiger partial charge in [0.25, 0.3) is 0 Å². The molecule has 0 aliphatic heterocycles. The lowest BCUT2D eigenvalue weighted by Crippen LogP contribution is -2.22. The molecular weight excluding hydrogens is 360 g/mol. The molecule has 0 saturated carbocycles. The van der Waals surface area contributed by atoms with Crippen LogP contribution in [0.3, 0.4) is 0 Å². The molecule has 132 valence electrons. The van der Waals surface area contributed by atoms with Crippen LogP contribution in [0, 0.1) is 0 Å². The molecular formula is C18H19ClN2O3S. The summed E-state index contributed by atoms with van der Waals surface area (Å²) in [4.78, 5) is 12.1. The number of halogens is 1. The van der Waals surface area contributed by atoms with Crippen molar-refractivity contribution in [2.75, 3.05) is 14.1 Å². The Hall–Kier alpha value is -2.15. The number of carbonyl (C=O) groups excluding carboxylic acids is 1. The van der Waals surface area contributed by atoms with Crippen LogP contribution in [-0.2, 0) is 21.4 Å². The molecule has 7 heteroatoms. The minimum absolute atomic E-state index is 0.206. The van der Waals surface area contributed by atoms with Crippen molar-refractivity contribution >= 4 is 33.6 Å². The molecule has 2 aromatic rings. The third-order valence-corrected chi connectivity index (χ3v) is 5.69. The van der Waals surface area contributed by atoms with E-state index in [-0.39, 0.29) is 10.8 Å². The van der Waals surface area contributed by atoms with Crippen molar-refractivity contribution in [3.05, 3.63) is 70.8 Å².